The average Bonchev–Trinajstić information content (AvgIpc) is 2.42. The summed E-state index contributed by atoms with van der Waals surface area (Å²) in [5, 5.41) is 13.0. The summed E-state index contributed by atoms with van der Waals surface area (Å²) in [7, 11) is 0. The Labute approximate surface area is 145 Å². The molecule has 1 aromatic heterocycles. The molecule has 24 heavy (non-hydrogen) atoms. The summed E-state index contributed by atoms with van der Waals surface area (Å²) in [4.78, 5) is 37.8. The van der Waals surface area contributed by atoms with E-state index in [-0.39, 0.29) is 21.5 Å². The summed E-state index contributed by atoms with van der Waals surface area (Å²) in [6.07, 6.45) is 0. The molecule has 0 bridgehead atoms. The van der Waals surface area contributed by atoms with Crippen LogP contribution in [0.3, 0.4) is 0 Å². The third-order valence-corrected chi connectivity index (χ3v) is 3.24. The summed E-state index contributed by atoms with van der Waals surface area (Å²) < 4.78 is 5.79. The van der Waals surface area contributed by atoms with Gasteiger partial charge >= 0.3 is 11.7 Å². The summed E-state index contributed by atoms with van der Waals surface area (Å²) in [5.74, 6) is -1.36. The number of aromatic amines is 1. The molecule has 0 aliphatic rings. The van der Waals surface area contributed by atoms with Gasteiger partial charge in [0.1, 0.15) is 5.60 Å². The van der Waals surface area contributed by atoms with Crippen LogP contribution in [-0.2, 0) is 4.74 Å². The van der Waals surface area contributed by atoms with Gasteiger partial charge in [0.2, 0.25) is 5.69 Å². The summed E-state index contributed by atoms with van der Waals surface area (Å²) in [6, 6.07) is 2.41. The van der Waals surface area contributed by atoms with Crippen molar-refractivity contribution in [2.45, 2.75) is 26.4 Å². The topological polar surface area (TPSA) is 114 Å². The molecule has 2 aromatic rings. The molecule has 2 rings (SSSR count). The van der Waals surface area contributed by atoms with Crippen LogP contribution in [0.15, 0.2) is 21.7 Å². The van der Waals surface area contributed by atoms with Crippen molar-refractivity contribution in [3.8, 4) is 11.4 Å². The van der Waals surface area contributed by atoms with Gasteiger partial charge in [0.05, 0.1) is 15.7 Å². The van der Waals surface area contributed by atoms with Gasteiger partial charge in [-0.25, -0.2) is 9.59 Å². The second-order valence-electron chi connectivity index (χ2n) is 5.78. The molecule has 8 nitrogen and oxygen atoms in total. The Kier molecular flexibility index (Phi) is 4.73. The van der Waals surface area contributed by atoms with E-state index in [9.17, 15) is 19.5 Å². The monoisotopic (exact) mass is 373 g/mol. The number of carbonyl (C=O) groups is 1. The molecule has 0 atom stereocenters. The Morgan fingerprint density at radius 1 is 1.25 bits per heavy atom. The van der Waals surface area contributed by atoms with Crippen LogP contribution in [-0.4, -0.2) is 31.4 Å². The number of hydrogen-bond donors (Lipinski definition) is 2. The number of carbonyl (C=O) groups excluding carboxylic acids is 1. The molecule has 0 spiro atoms. The van der Waals surface area contributed by atoms with Gasteiger partial charge in [0.15, 0.2) is 5.75 Å². The van der Waals surface area contributed by atoms with Crippen molar-refractivity contribution in [1.82, 2.24) is 14.8 Å². The number of benzene rings is 1. The number of esters is 1. The van der Waals surface area contributed by atoms with Gasteiger partial charge in [-0.1, -0.05) is 23.2 Å². The molecule has 1 aromatic carbocycles. The number of nitrogens with one attached hydrogen (secondary N) is 1. The van der Waals surface area contributed by atoms with E-state index < -0.39 is 28.5 Å². The number of aromatic nitrogens is 3. The molecule has 0 aliphatic carbocycles. The van der Waals surface area contributed by atoms with Crippen molar-refractivity contribution in [3.63, 3.8) is 0 Å². The van der Waals surface area contributed by atoms with Gasteiger partial charge in [0, 0.05) is 0 Å². The zero-order chi connectivity index (χ0) is 18.2. The number of H-pyrrole nitrogens is 1. The minimum Gasteiger partial charge on any atom is -0.505 e. The lowest BCUT2D eigenvalue weighted by Gasteiger charge is -2.18. The highest BCUT2D eigenvalue weighted by molar-refractivity contribution is 6.37. The van der Waals surface area contributed by atoms with Crippen molar-refractivity contribution in [2.75, 3.05) is 0 Å². The minimum atomic E-state index is -0.992. The van der Waals surface area contributed by atoms with E-state index >= 15 is 0 Å². The molecule has 0 fully saturated rings. The zero-order valence-electron chi connectivity index (χ0n) is 12.9. The van der Waals surface area contributed by atoms with Gasteiger partial charge in [-0.3, -0.25) is 9.78 Å². The summed E-state index contributed by atoms with van der Waals surface area (Å²) in [5.41, 5.74) is -3.30. The first-order valence-corrected chi connectivity index (χ1v) is 7.40. The van der Waals surface area contributed by atoms with Crippen molar-refractivity contribution < 1.29 is 14.6 Å². The Balaban J connectivity index is 2.61. The van der Waals surface area contributed by atoms with E-state index in [1.54, 1.807) is 20.8 Å². The van der Waals surface area contributed by atoms with Gasteiger partial charge in [0.25, 0.3) is 5.56 Å². The Morgan fingerprint density at radius 2 is 1.79 bits per heavy atom. The number of ether oxygens (including phenoxy) is 1. The fraction of sp³-hybridized carbons (Fsp3) is 0.286. The van der Waals surface area contributed by atoms with Crippen molar-refractivity contribution in [3.05, 3.63) is 48.7 Å². The van der Waals surface area contributed by atoms with Crippen LogP contribution in [0.5, 0.6) is 5.75 Å². The van der Waals surface area contributed by atoms with Crippen LogP contribution in [0, 0.1) is 0 Å². The van der Waals surface area contributed by atoms with E-state index in [0.29, 0.717) is 0 Å². The molecule has 1 heterocycles. The van der Waals surface area contributed by atoms with E-state index in [4.69, 9.17) is 27.9 Å². The van der Waals surface area contributed by atoms with Gasteiger partial charge in [-0.2, -0.15) is 9.78 Å². The number of phenolic OH excluding ortho intramolecular Hbond substituents is 1. The summed E-state index contributed by atoms with van der Waals surface area (Å²) in [6.45, 7) is 4.86. The quantitative estimate of drug-likeness (QED) is 0.776. The second kappa shape index (κ2) is 6.29. The predicted octanol–water partition coefficient (Wildman–Crippen LogP) is 1.89. The maximum Gasteiger partial charge on any atom is 0.365 e. The predicted molar refractivity (Wildman–Crippen MR) is 87.3 cm³/mol. The average molecular weight is 374 g/mol. The highest BCUT2D eigenvalue weighted by Crippen LogP contribution is 2.33. The minimum absolute atomic E-state index is 0.0499. The first-order valence-electron chi connectivity index (χ1n) is 6.65. The van der Waals surface area contributed by atoms with E-state index in [1.807, 2.05) is 4.98 Å². The van der Waals surface area contributed by atoms with Crippen molar-refractivity contribution in [1.29, 1.82) is 0 Å². The number of hydrogen-bond acceptors (Lipinski definition) is 6. The molecule has 10 heteroatoms. The van der Waals surface area contributed by atoms with Crippen LogP contribution in [0.25, 0.3) is 5.69 Å². The Bertz CT molecular complexity index is 904. The lowest BCUT2D eigenvalue weighted by molar-refractivity contribution is 0.00581. The number of rotatable bonds is 2. The maximum absolute atomic E-state index is 12.1. The fourth-order valence-electron chi connectivity index (χ4n) is 1.71. The van der Waals surface area contributed by atoms with Gasteiger partial charge in [-0.15, -0.1) is 0 Å². The molecular formula is C14H13Cl2N3O5. The lowest BCUT2D eigenvalue weighted by Crippen LogP contribution is -2.37. The van der Waals surface area contributed by atoms with E-state index in [1.165, 1.54) is 12.1 Å². The van der Waals surface area contributed by atoms with Crippen LogP contribution in [0.2, 0.25) is 10.0 Å². The largest absolute Gasteiger partial charge is 0.505 e. The van der Waals surface area contributed by atoms with Gasteiger partial charge < -0.3 is 9.84 Å². The van der Waals surface area contributed by atoms with Crippen molar-refractivity contribution >= 4 is 29.2 Å². The first-order chi connectivity index (χ1) is 11.0. The highest BCUT2D eigenvalue weighted by atomic mass is 35.5. The van der Waals surface area contributed by atoms with Gasteiger partial charge in [-0.05, 0) is 32.9 Å². The molecule has 2 N–H and O–H groups in total. The lowest BCUT2D eigenvalue weighted by atomic mass is 10.2. The molecular weight excluding hydrogens is 361 g/mol. The Hall–Kier alpha value is -2.32. The molecule has 0 radical (unpaired) electrons. The second-order valence-corrected chi connectivity index (χ2v) is 6.59. The van der Waals surface area contributed by atoms with Crippen LogP contribution < -0.4 is 11.2 Å². The normalized spacial score (nSPS) is 11.4. The van der Waals surface area contributed by atoms with E-state index in [0.717, 1.165) is 4.68 Å². The SMILES string of the molecule is CC(C)(C)OC(=O)c1nn(-c2cc(Cl)c(O)c(Cl)c2)c(=O)[nH]c1=O. The van der Waals surface area contributed by atoms with Crippen LogP contribution in [0.1, 0.15) is 31.3 Å². The van der Waals surface area contributed by atoms with E-state index in [2.05, 4.69) is 5.10 Å². The smallest absolute Gasteiger partial charge is 0.365 e. The zero-order valence-corrected chi connectivity index (χ0v) is 14.4. The molecule has 0 aliphatic heterocycles. The number of halogens is 2. The molecule has 128 valence electrons. The van der Waals surface area contributed by atoms with Crippen molar-refractivity contribution in [2.24, 2.45) is 0 Å². The highest BCUT2D eigenvalue weighted by Gasteiger charge is 2.23. The van der Waals surface area contributed by atoms with Crippen LogP contribution in [0.4, 0.5) is 0 Å². The van der Waals surface area contributed by atoms with Crippen LogP contribution >= 0.6 is 23.2 Å². The number of nitrogens with zero attached hydrogens (tertiary/aromatic N) is 2. The number of aromatic hydroxyl groups is 1. The molecule has 0 unspecified atom stereocenters. The number of phenols is 1. The third kappa shape index (κ3) is 3.77. The molecule has 0 amide bonds. The molecule has 0 saturated heterocycles. The fourth-order valence-corrected chi connectivity index (χ4v) is 2.19. The maximum atomic E-state index is 12.1. The standard InChI is InChI=1S/C14H13Cl2N3O5/c1-14(2,3)24-12(22)9-11(21)17-13(23)19(18-9)6-4-7(15)10(20)8(16)5-6/h4-5,20H,1-3H3,(H,17,21,23). The first kappa shape index (κ1) is 18.0. The summed E-state index contributed by atoms with van der Waals surface area (Å²) >= 11 is 11.6. The Morgan fingerprint density at radius 3 is 2.29 bits per heavy atom. The molecule has 0 saturated carbocycles. The third-order valence-electron chi connectivity index (χ3n) is 2.67.